The summed E-state index contributed by atoms with van der Waals surface area (Å²) in [6, 6.07) is 0. The Bertz CT molecular complexity index is 207. The van der Waals surface area contributed by atoms with E-state index in [4.69, 9.17) is 0 Å². The lowest BCUT2D eigenvalue weighted by Crippen LogP contribution is -2.27. The van der Waals surface area contributed by atoms with Gasteiger partial charge in [0.15, 0.2) is 0 Å². The van der Waals surface area contributed by atoms with Crippen LogP contribution < -0.4 is 0 Å². The molecule has 3 unspecified atom stereocenters. The minimum absolute atomic E-state index is 0.0146. The Morgan fingerprint density at radius 3 is 2.85 bits per heavy atom. The Hall–Kier alpha value is 0.270. The maximum atomic E-state index is 9.72. The molecule has 1 saturated carbocycles. The molecule has 2 nitrogen and oxygen atoms in total. The summed E-state index contributed by atoms with van der Waals surface area (Å²) in [6.07, 6.45) is 2.88. The van der Waals surface area contributed by atoms with Crippen LogP contribution >= 0.6 is 11.8 Å². The van der Waals surface area contributed by atoms with Gasteiger partial charge in [-0.2, -0.15) is 11.8 Å². The summed E-state index contributed by atoms with van der Waals surface area (Å²) in [4.78, 5) is 2.57. The fraction of sp³-hybridized carbons (Fsp3) is 1.00. The Kier molecular flexibility index (Phi) is 2.07. The zero-order chi connectivity index (χ0) is 8.84. The van der Waals surface area contributed by atoms with E-state index in [1.807, 2.05) is 11.8 Å². The number of aliphatic hydroxyl groups is 1. The van der Waals surface area contributed by atoms with Crippen LogP contribution in [-0.4, -0.2) is 46.7 Å². The zero-order valence-electron chi connectivity index (χ0n) is 7.85. The van der Waals surface area contributed by atoms with Crippen LogP contribution in [0.3, 0.4) is 0 Å². The van der Waals surface area contributed by atoms with E-state index in [0.29, 0.717) is 5.92 Å². The lowest BCUT2D eigenvalue weighted by atomic mass is 10.0. The van der Waals surface area contributed by atoms with E-state index in [2.05, 4.69) is 4.90 Å². The van der Waals surface area contributed by atoms with Crippen molar-refractivity contribution >= 4 is 11.8 Å². The largest absolute Gasteiger partial charge is 0.392 e. The summed E-state index contributed by atoms with van der Waals surface area (Å²) in [5.41, 5.74) is 0. The normalized spacial score (nSPS) is 45.5. The highest BCUT2D eigenvalue weighted by molar-refractivity contribution is 8.00. The molecule has 1 N–H and O–H groups in total. The van der Waals surface area contributed by atoms with Crippen LogP contribution in [0.15, 0.2) is 0 Å². The average Bonchev–Trinajstić information content (AvgIpc) is 2.71. The Morgan fingerprint density at radius 1 is 1.31 bits per heavy atom. The molecule has 3 atom stereocenters. The summed E-state index contributed by atoms with van der Waals surface area (Å²) < 4.78 is 0. The molecule has 0 spiro atoms. The molecule has 1 aliphatic carbocycles. The topological polar surface area (TPSA) is 23.5 Å². The molecule has 13 heavy (non-hydrogen) atoms. The average molecular weight is 199 g/mol. The molecule has 0 aromatic rings. The second-order valence-corrected chi connectivity index (χ2v) is 6.04. The fourth-order valence-electron chi connectivity index (χ4n) is 2.59. The van der Waals surface area contributed by atoms with Crippen molar-refractivity contribution < 1.29 is 5.11 Å². The first-order valence-corrected chi connectivity index (χ1v) is 6.40. The summed E-state index contributed by atoms with van der Waals surface area (Å²) >= 11 is 1.98. The molecule has 3 rings (SSSR count). The molecule has 3 heteroatoms. The molecule has 2 aliphatic heterocycles. The van der Waals surface area contributed by atoms with Crippen molar-refractivity contribution in [2.24, 2.45) is 11.8 Å². The number of rotatable bonds is 2. The lowest BCUT2D eigenvalue weighted by molar-refractivity contribution is 0.140. The second-order valence-electron chi connectivity index (χ2n) is 4.76. The Morgan fingerprint density at radius 2 is 2.15 bits per heavy atom. The van der Waals surface area contributed by atoms with Crippen LogP contribution in [0, 0.1) is 11.8 Å². The van der Waals surface area contributed by atoms with Gasteiger partial charge in [0.2, 0.25) is 0 Å². The van der Waals surface area contributed by atoms with E-state index in [1.54, 1.807) is 0 Å². The Balaban J connectivity index is 1.58. The van der Waals surface area contributed by atoms with Gasteiger partial charge in [-0.15, -0.1) is 0 Å². The molecular formula is C10H17NOS. The maximum absolute atomic E-state index is 9.72. The van der Waals surface area contributed by atoms with Crippen LogP contribution in [0.2, 0.25) is 0 Å². The van der Waals surface area contributed by atoms with Gasteiger partial charge in [-0.25, -0.2) is 0 Å². The first kappa shape index (κ1) is 8.57. The van der Waals surface area contributed by atoms with Gasteiger partial charge in [-0.1, -0.05) is 0 Å². The minimum Gasteiger partial charge on any atom is -0.392 e. The molecule has 2 saturated heterocycles. The van der Waals surface area contributed by atoms with E-state index < -0.39 is 0 Å². The number of nitrogens with zero attached hydrogens (tertiary/aromatic N) is 1. The van der Waals surface area contributed by atoms with Gasteiger partial charge in [-0.3, -0.25) is 0 Å². The molecule has 0 radical (unpaired) electrons. The van der Waals surface area contributed by atoms with E-state index >= 15 is 0 Å². The molecule has 2 heterocycles. The van der Waals surface area contributed by atoms with Gasteiger partial charge < -0.3 is 10.0 Å². The minimum atomic E-state index is -0.0146. The molecular weight excluding hydrogens is 182 g/mol. The highest BCUT2D eigenvalue weighted by Crippen LogP contribution is 2.40. The highest BCUT2D eigenvalue weighted by atomic mass is 32.2. The third-order valence-corrected chi connectivity index (χ3v) is 5.03. The van der Waals surface area contributed by atoms with E-state index in [0.717, 1.165) is 23.5 Å². The number of hydrogen-bond donors (Lipinski definition) is 1. The van der Waals surface area contributed by atoms with E-state index in [1.165, 1.54) is 25.9 Å². The van der Waals surface area contributed by atoms with Gasteiger partial charge >= 0.3 is 0 Å². The van der Waals surface area contributed by atoms with Crippen molar-refractivity contribution in [1.29, 1.82) is 0 Å². The molecule has 0 amide bonds. The predicted molar refractivity (Wildman–Crippen MR) is 54.9 cm³/mol. The van der Waals surface area contributed by atoms with Crippen molar-refractivity contribution in [3.8, 4) is 0 Å². The third kappa shape index (κ3) is 1.62. The first-order valence-electron chi connectivity index (χ1n) is 5.35. The Labute approximate surface area is 83.7 Å². The third-order valence-electron chi connectivity index (χ3n) is 3.57. The van der Waals surface area contributed by atoms with Crippen molar-refractivity contribution in [3.63, 3.8) is 0 Å². The number of likely N-dealkylation sites (tertiary alicyclic amines) is 1. The molecule has 0 bridgehead atoms. The van der Waals surface area contributed by atoms with Gasteiger partial charge in [0, 0.05) is 36.6 Å². The molecule has 3 aliphatic rings. The molecule has 3 fully saturated rings. The maximum Gasteiger partial charge on any atom is 0.0682 e. The van der Waals surface area contributed by atoms with Gasteiger partial charge in [0.25, 0.3) is 0 Å². The summed E-state index contributed by atoms with van der Waals surface area (Å²) in [7, 11) is 0. The van der Waals surface area contributed by atoms with Crippen molar-refractivity contribution in [1.82, 2.24) is 4.90 Å². The van der Waals surface area contributed by atoms with Crippen molar-refractivity contribution in [3.05, 3.63) is 0 Å². The van der Waals surface area contributed by atoms with Crippen LogP contribution in [0.5, 0.6) is 0 Å². The number of aliphatic hydroxyl groups excluding tert-OH is 1. The molecule has 0 aromatic heterocycles. The second kappa shape index (κ2) is 3.14. The predicted octanol–water partition coefficient (Wildman–Crippen LogP) is 0.804. The van der Waals surface area contributed by atoms with E-state index in [-0.39, 0.29) is 6.10 Å². The quantitative estimate of drug-likeness (QED) is 0.712. The van der Waals surface area contributed by atoms with Crippen molar-refractivity contribution in [2.75, 3.05) is 25.4 Å². The zero-order valence-corrected chi connectivity index (χ0v) is 8.67. The summed E-state index contributed by atoms with van der Waals surface area (Å²) in [5, 5.41) is 10.5. The first-order chi connectivity index (χ1) is 6.33. The van der Waals surface area contributed by atoms with Gasteiger partial charge in [0.05, 0.1) is 6.10 Å². The van der Waals surface area contributed by atoms with E-state index in [9.17, 15) is 5.11 Å². The number of fused-ring (bicyclic) bond motifs is 1. The number of thioether (sulfide) groups is 1. The lowest BCUT2D eigenvalue weighted by Gasteiger charge is -2.16. The van der Waals surface area contributed by atoms with Crippen molar-refractivity contribution in [2.45, 2.75) is 24.2 Å². The standard InChI is InChI=1S/C10H17NOS/c12-9-6-13-10-5-11(4-8(9)10)3-7-1-2-7/h7-10,12H,1-6H2. The van der Waals surface area contributed by atoms with Gasteiger partial charge in [0.1, 0.15) is 0 Å². The van der Waals surface area contributed by atoms with Crippen LogP contribution in [0.25, 0.3) is 0 Å². The molecule has 0 aromatic carbocycles. The SMILES string of the molecule is OC1CSC2CN(CC3CC3)CC12. The summed E-state index contributed by atoms with van der Waals surface area (Å²) in [6.45, 7) is 3.71. The van der Waals surface area contributed by atoms with Gasteiger partial charge in [-0.05, 0) is 18.8 Å². The fourth-order valence-corrected chi connectivity index (χ4v) is 4.11. The smallest absolute Gasteiger partial charge is 0.0682 e. The van der Waals surface area contributed by atoms with Crippen LogP contribution in [0.4, 0.5) is 0 Å². The van der Waals surface area contributed by atoms with Crippen LogP contribution in [0.1, 0.15) is 12.8 Å². The number of hydrogen-bond acceptors (Lipinski definition) is 3. The highest BCUT2D eigenvalue weighted by Gasteiger charge is 2.43. The van der Waals surface area contributed by atoms with Crippen LogP contribution in [-0.2, 0) is 0 Å². The monoisotopic (exact) mass is 199 g/mol. The molecule has 74 valence electrons. The summed E-state index contributed by atoms with van der Waals surface area (Å²) in [5.74, 6) is 2.57.